The van der Waals surface area contributed by atoms with Crippen molar-refractivity contribution in [2.45, 2.75) is 0 Å². The average Bonchev–Trinajstić information content (AvgIpc) is 2.66. The lowest BCUT2D eigenvalue weighted by Gasteiger charge is -2.10. The van der Waals surface area contributed by atoms with Gasteiger partial charge in [-0.25, -0.2) is 0 Å². The van der Waals surface area contributed by atoms with Crippen LogP contribution in [0, 0.1) is 11.3 Å². The Morgan fingerprint density at radius 2 is 1.85 bits per heavy atom. The van der Waals surface area contributed by atoms with E-state index in [0.29, 0.717) is 38.2 Å². The van der Waals surface area contributed by atoms with Gasteiger partial charge >= 0.3 is 0 Å². The van der Waals surface area contributed by atoms with E-state index in [2.05, 4.69) is 15.6 Å². The van der Waals surface area contributed by atoms with Crippen molar-refractivity contribution >= 4 is 46.2 Å². The molecule has 128 valence electrons. The van der Waals surface area contributed by atoms with Gasteiger partial charge in [0.15, 0.2) is 0 Å². The molecule has 0 aliphatic rings. The van der Waals surface area contributed by atoms with E-state index in [0.717, 1.165) is 0 Å². The van der Waals surface area contributed by atoms with Gasteiger partial charge in [0, 0.05) is 11.9 Å². The van der Waals surface area contributed by atoms with Gasteiger partial charge in [0.2, 0.25) is 0 Å². The average molecular weight is 383 g/mol. The maximum Gasteiger partial charge on any atom is 0.257 e. The van der Waals surface area contributed by atoms with Crippen LogP contribution in [0.4, 0.5) is 17.1 Å². The quantitative estimate of drug-likeness (QED) is 0.645. The molecule has 0 atom stereocenters. The Morgan fingerprint density at radius 1 is 1.04 bits per heavy atom. The lowest BCUT2D eigenvalue weighted by Crippen LogP contribution is -2.12. The third-order valence-corrected chi connectivity index (χ3v) is 4.30. The van der Waals surface area contributed by atoms with Crippen LogP contribution >= 0.6 is 23.2 Å². The predicted octanol–water partition coefficient (Wildman–Crippen LogP) is 5.26. The van der Waals surface area contributed by atoms with Gasteiger partial charge in [-0.2, -0.15) is 5.26 Å². The molecule has 5 nitrogen and oxygen atoms in total. The second kappa shape index (κ2) is 7.87. The fraction of sp³-hybridized carbons (Fsp3) is 0. The summed E-state index contributed by atoms with van der Waals surface area (Å²) < 4.78 is 0. The number of aromatic nitrogens is 1. The molecule has 0 radical (unpaired) electrons. The molecule has 0 saturated carbocycles. The molecule has 3 aromatic rings. The molecule has 0 spiro atoms. The van der Waals surface area contributed by atoms with Crippen LogP contribution in [-0.2, 0) is 0 Å². The Balaban J connectivity index is 1.79. The minimum Gasteiger partial charge on any atom is -0.353 e. The number of nitrogens with one attached hydrogen (secondary N) is 2. The fourth-order valence-corrected chi connectivity index (χ4v) is 2.61. The summed E-state index contributed by atoms with van der Waals surface area (Å²) in [6.45, 7) is 0. The van der Waals surface area contributed by atoms with Crippen molar-refractivity contribution < 1.29 is 4.79 Å². The van der Waals surface area contributed by atoms with Crippen LogP contribution in [0.1, 0.15) is 15.9 Å². The summed E-state index contributed by atoms with van der Waals surface area (Å²) in [5.41, 5.74) is 2.56. The van der Waals surface area contributed by atoms with E-state index in [4.69, 9.17) is 28.5 Å². The van der Waals surface area contributed by atoms with Gasteiger partial charge in [0.25, 0.3) is 5.91 Å². The molecule has 2 N–H and O–H groups in total. The molecule has 0 saturated heterocycles. The van der Waals surface area contributed by atoms with Gasteiger partial charge in [0.1, 0.15) is 0 Å². The molecule has 2 aromatic carbocycles. The number of carbonyl (C=O) groups excluding carboxylic acids is 1. The third kappa shape index (κ3) is 4.12. The number of anilines is 3. The van der Waals surface area contributed by atoms with E-state index in [1.807, 2.05) is 6.07 Å². The SMILES string of the molecule is N#Cc1cccc(NC(=O)c2cncc(Nc3cccc(Cl)c3Cl)c2)c1. The van der Waals surface area contributed by atoms with E-state index in [9.17, 15) is 4.79 Å². The van der Waals surface area contributed by atoms with Crippen LogP contribution in [0.15, 0.2) is 60.9 Å². The van der Waals surface area contributed by atoms with Crippen LogP contribution in [0.2, 0.25) is 10.0 Å². The number of hydrogen-bond acceptors (Lipinski definition) is 4. The number of hydrogen-bond donors (Lipinski definition) is 2. The summed E-state index contributed by atoms with van der Waals surface area (Å²) in [7, 11) is 0. The van der Waals surface area contributed by atoms with Gasteiger partial charge in [-0.15, -0.1) is 0 Å². The van der Waals surface area contributed by atoms with Crippen molar-refractivity contribution in [3.05, 3.63) is 82.1 Å². The summed E-state index contributed by atoms with van der Waals surface area (Å²) in [4.78, 5) is 16.5. The number of nitrogens with zero attached hydrogens (tertiary/aromatic N) is 2. The molecule has 0 aliphatic heterocycles. The molecular weight excluding hydrogens is 371 g/mol. The smallest absolute Gasteiger partial charge is 0.257 e. The summed E-state index contributed by atoms with van der Waals surface area (Å²) in [6.07, 6.45) is 3.03. The number of rotatable bonds is 4. The molecule has 0 bridgehead atoms. The van der Waals surface area contributed by atoms with E-state index < -0.39 is 0 Å². The van der Waals surface area contributed by atoms with E-state index in [-0.39, 0.29) is 5.91 Å². The molecule has 0 aliphatic carbocycles. The number of pyridine rings is 1. The zero-order valence-electron chi connectivity index (χ0n) is 13.3. The molecule has 26 heavy (non-hydrogen) atoms. The summed E-state index contributed by atoms with van der Waals surface area (Å²) in [5.74, 6) is -0.339. The molecule has 7 heteroatoms. The Morgan fingerprint density at radius 3 is 2.65 bits per heavy atom. The normalized spacial score (nSPS) is 10.0. The Bertz CT molecular complexity index is 1010. The molecule has 0 fully saturated rings. The molecular formula is C19H12Cl2N4O. The van der Waals surface area contributed by atoms with Crippen LogP contribution in [0.3, 0.4) is 0 Å². The van der Waals surface area contributed by atoms with Crippen LogP contribution < -0.4 is 10.6 Å². The second-order valence-corrected chi connectivity index (χ2v) is 6.12. The van der Waals surface area contributed by atoms with Gasteiger partial charge < -0.3 is 10.6 Å². The topological polar surface area (TPSA) is 77.8 Å². The van der Waals surface area contributed by atoms with Crippen LogP contribution in [-0.4, -0.2) is 10.9 Å². The first-order valence-corrected chi connectivity index (χ1v) is 8.30. The zero-order valence-corrected chi connectivity index (χ0v) is 14.8. The number of carbonyl (C=O) groups is 1. The molecule has 3 rings (SSSR count). The van der Waals surface area contributed by atoms with Crippen LogP contribution in [0.25, 0.3) is 0 Å². The van der Waals surface area contributed by atoms with Crippen LogP contribution in [0.5, 0.6) is 0 Å². The standard InChI is InChI=1S/C19H12Cl2N4O/c20-16-5-2-6-17(18(16)21)24-15-8-13(10-23-11-15)19(26)25-14-4-1-3-12(7-14)9-22/h1-8,10-11,24H,(H,25,26). The number of nitriles is 1. The summed E-state index contributed by atoms with van der Waals surface area (Å²) in [5, 5.41) is 15.6. The van der Waals surface area contributed by atoms with Gasteiger partial charge in [-0.05, 0) is 36.4 Å². The van der Waals surface area contributed by atoms with E-state index in [1.54, 1.807) is 54.7 Å². The highest BCUT2D eigenvalue weighted by molar-refractivity contribution is 6.43. The highest BCUT2D eigenvalue weighted by Crippen LogP contribution is 2.31. The Labute approximate surface area is 160 Å². The number of benzene rings is 2. The molecule has 1 aromatic heterocycles. The largest absolute Gasteiger partial charge is 0.353 e. The van der Waals surface area contributed by atoms with Crippen molar-refractivity contribution in [1.82, 2.24) is 4.98 Å². The van der Waals surface area contributed by atoms with Crippen molar-refractivity contribution in [1.29, 1.82) is 5.26 Å². The number of amides is 1. The van der Waals surface area contributed by atoms with Gasteiger partial charge in [0.05, 0.1) is 44.8 Å². The van der Waals surface area contributed by atoms with E-state index >= 15 is 0 Å². The Hall–Kier alpha value is -3.07. The number of halogens is 2. The molecule has 1 heterocycles. The second-order valence-electron chi connectivity index (χ2n) is 5.34. The predicted molar refractivity (Wildman–Crippen MR) is 103 cm³/mol. The zero-order chi connectivity index (χ0) is 18.5. The fourth-order valence-electron chi connectivity index (χ4n) is 2.26. The van der Waals surface area contributed by atoms with E-state index in [1.165, 1.54) is 6.20 Å². The van der Waals surface area contributed by atoms with Crippen molar-refractivity contribution in [2.75, 3.05) is 10.6 Å². The van der Waals surface area contributed by atoms with Crippen molar-refractivity contribution in [3.63, 3.8) is 0 Å². The van der Waals surface area contributed by atoms with Gasteiger partial charge in [-0.1, -0.05) is 35.3 Å². The minimum atomic E-state index is -0.339. The maximum atomic E-state index is 12.4. The Kier molecular flexibility index (Phi) is 5.37. The summed E-state index contributed by atoms with van der Waals surface area (Å²) in [6, 6.07) is 15.6. The highest BCUT2D eigenvalue weighted by Gasteiger charge is 2.10. The lowest BCUT2D eigenvalue weighted by molar-refractivity contribution is 0.102. The monoisotopic (exact) mass is 382 g/mol. The highest BCUT2D eigenvalue weighted by atomic mass is 35.5. The lowest BCUT2D eigenvalue weighted by atomic mass is 10.2. The first kappa shape index (κ1) is 17.7. The minimum absolute atomic E-state index is 0.339. The van der Waals surface area contributed by atoms with Gasteiger partial charge in [-0.3, -0.25) is 9.78 Å². The maximum absolute atomic E-state index is 12.4. The van der Waals surface area contributed by atoms with Crippen molar-refractivity contribution in [2.24, 2.45) is 0 Å². The first-order valence-electron chi connectivity index (χ1n) is 7.54. The third-order valence-electron chi connectivity index (χ3n) is 3.48. The molecule has 1 amide bonds. The molecule has 0 unspecified atom stereocenters. The summed E-state index contributed by atoms with van der Waals surface area (Å²) >= 11 is 12.2. The van der Waals surface area contributed by atoms with Crippen molar-refractivity contribution in [3.8, 4) is 6.07 Å². The first-order chi connectivity index (χ1) is 12.6.